The summed E-state index contributed by atoms with van der Waals surface area (Å²) in [4.78, 5) is 57.6. The highest BCUT2D eigenvalue weighted by Gasteiger charge is 2.56. The molecule has 4 heterocycles. The minimum Gasteiger partial charge on any atom is -0.497 e. The van der Waals surface area contributed by atoms with Crippen LogP contribution >= 0.6 is 0 Å². The lowest BCUT2D eigenvalue weighted by Crippen LogP contribution is -2.68. The van der Waals surface area contributed by atoms with Crippen LogP contribution in [0, 0.1) is 11.3 Å². The molecule has 224 valence electrons. The number of hydrogen-bond donors (Lipinski definition) is 1. The zero-order valence-electron chi connectivity index (χ0n) is 24.4. The van der Waals surface area contributed by atoms with Crippen molar-refractivity contribution in [3.8, 4) is 17.2 Å². The summed E-state index contributed by atoms with van der Waals surface area (Å²) in [6, 6.07) is 16.4. The van der Waals surface area contributed by atoms with Gasteiger partial charge in [0.25, 0.3) is 11.5 Å². The Kier molecular flexibility index (Phi) is 7.43. The fourth-order valence-electron chi connectivity index (χ4n) is 6.84. The Morgan fingerprint density at radius 2 is 1.63 bits per heavy atom. The van der Waals surface area contributed by atoms with E-state index in [-0.39, 0.29) is 30.4 Å². The van der Waals surface area contributed by atoms with Crippen LogP contribution < -0.4 is 30.0 Å². The van der Waals surface area contributed by atoms with Crippen LogP contribution in [0.4, 0.5) is 10.5 Å². The first-order valence-corrected chi connectivity index (χ1v) is 14.2. The number of nitrogens with one attached hydrogen (secondary N) is 1. The molecular weight excluding hydrogens is 552 g/mol. The number of methoxy groups -OCH3 is 3. The number of carbonyl (C=O) groups is 3. The summed E-state index contributed by atoms with van der Waals surface area (Å²) in [6.07, 6.45) is 0.911. The number of rotatable bonds is 8. The summed E-state index contributed by atoms with van der Waals surface area (Å²) in [5.74, 6) is 0.471. The maximum absolute atomic E-state index is 14.6. The number of piperidine rings is 1. The molecule has 2 aromatic carbocycles. The van der Waals surface area contributed by atoms with E-state index in [2.05, 4.69) is 10.2 Å². The maximum atomic E-state index is 14.6. The van der Waals surface area contributed by atoms with Crippen LogP contribution in [0.1, 0.15) is 23.6 Å². The van der Waals surface area contributed by atoms with Crippen LogP contribution in [0.2, 0.25) is 0 Å². The lowest BCUT2D eigenvalue weighted by atomic mass is 9.75. The van der Waals surface area contributed by atoms with Gasteiger partial charge in [0.05, 0.1) is 27.0 Å². The fraction of sp³-hybridized carbons (Fsp3) is 0.375. The van der Waals surface area contributed by atoms with Crippen LogP contribution in [0.5, 0.6) is 17.2 Å². The van der Waals surface area contributed by atoms with Crippen molar-refractivity contribution >= 4 is 23.5 Å². The molecule has 0 radical (unpaired) electrons. The average molecular weight is 587 g/mol. The first-order chi connectivity index (χ1) is 20.8. The molecule has 3 atom stereocenters. The van der Waals surface area contributed by atoms with Crippen LogP contribution in [0.15, 0.2) is 65.5 Å². The monoisotopic (exact) mass is 586 g/mol. The SMILES string of the molecule is COc1cccc(N2C(=O)NC(=O)[C@](Cc3ccc(OC)cc3OC)(CN3C[C@H]4C[C@H](C3)c3cccc(=O)n3C4)C2=O)c1. The number of hydrogen-bond acceptors (Lipinski definition) is 8. The molecule has 0 saturated carbocycles. The Hall–Kier alpha value is -4.64. The standard InChI is InChI=1S/C32H34N4O7/c1-41-24-7-4-6-23(13-24)36-30(39)32(29(38)33-31(36)40,15-21-10-11-25(42-2)14-27(21)43-3)19-34-16-20-12-22(18-34)26-8-5-9-28(37)35(26)17-20/h4-11,13-14,20,22H,12,15-19H2,1-3H3,(H,33,38,40)/t20-,22-,32+/m1/s1. The molecule has 11 nitrogen and oxygen atoms in total. The van der Waals surface area contributed by atoms with Crippen molar-refractivity contribution in [2.75, 3.05) is 45.9 Å². The van der Waals surface area contributed by atoms with Gasteiger partial charge in [-0.25, -0.2) is 9.69 Å². The highest BCUT2D eigenvalue weighted by Crippen LogP contribution is 2.41. The Morgan fingerprint density at radius 1 is 0.860 bits per heavy atom. The molecule has 1 N–H and O–H groups in total. The Bertz CT molecular complexity index is 1650. The summed E-state index contributed by atoms with van der Waals surface area (Å²) >= 11 is 0. The minimum atomic E-state index is -1.67. The minimum absolute atomic E-state index is 0.0134. The van der Waals surface area contributed by atoms with E-state index in [1.807, 2.05) is 10.6 Å². The van der Waals surface area contributed by atoms with Gasteiger partial charge in [-0.2, -0.15) is 0 Å². The van der Waals surface area contributed by atoms with Crippen molar-refractivity contribution < 1.29 is 28.6 Å². The third-order valence-electron chi connectivity index (χ3n) is 8.82. The smallest absolute Gasteiger partial charge is 0.335 e. The summed E-state index contributed by atoms with van der Waals surface area (Å²) in [7, 11) is 4.57. The van der Waals surface area contributed by atoms with Crippen molar-refractivity contribution in [3.63, 3.8) is 0 Å². The average Bonchev–Trinajstić information content (AvgIpc) is 3.01. The maximum Gasteiger partial charge on any atom is 0.335 e. The lowest BCUT2D eigenvalue weighted by molar-refractivity contribution is -0.144. The molecule has 2 fully saturated rings. The van der Waals surface area contributed by atoms with Gasteiger partial charge >= 0.3 is 6.03 Å². The number of imide groups is 2. The third kappa shape index (κ3) is 5.03. The predicted octanol–water partition coefficient (Wildman–Crippen LogP) is 2.81. The second-order valence-corrected chi connectivity index (χ2v) is 11.4. The Labute approximate surface area is 248 Å². The highest BCUT2D eigenvalue weighted by atomic mass is 16.5. The van der Waals surface area contributed by atoms with Crippen LogP contribution in [0.3, 0.4) is 0 Å². The molecule has 2 saturated heterocycles. The van der Waals surface area contributed by atoms with E-state index < -0.39 is 23.3 Å². The van der Waals surface area contributed by atoms with E-state index in [1.165, 1.54) is 14.2 Å². The number of barbiturate groups is 1. The van der Waals surface area contributed by atoms with E-state index in [4.69, 9.17) is 14.2 Å². The fourth-order valence-corrected chi connectivity index (χ4v) is 6.84. The predicted molar refractivity (Wildman–Crippen MR) is 158 cm³/mol. The van der Waals surface area contributed by atoms with Crippen molar-refractivity contribution in [1.82, 2.24) is 14.8 Å². The lowest BCUT2D eigenvalue weighted by Gasteiger charge is -2.47. The number of fused-ring (bicyclic) bond motifs is 4. The number of anilines is 1. The van der Waals surface area contributed by atoms with Gasteiger partial charge in [0, 0.05) is 62.4 Å². The second kappa shape index (κ2) is 11.2. The topological polar surface area (TPSA) is 119 Å². The van der Waals surface area contributed by atoms with E-state index >= 15 is 0 Å². The number of carbonyl (C=O) groups excluding carboxylic acids is 3. The molecule has 0 unspecified atom stereocenters. The van der Waals surface area contributed by atoms with Crippen molar-refractivity contribution in [2.24, 2.45) is 11.3 Å². The van der Waals surface area contributed by atoms with Crippen molar-refractivity contribution in [1.29, 1.82) is 0 Å². The van der Waals surface area contributed by atoms with Gasteiger partial charge in [-0.15, -0.1) is 0 Å². The van der Waals surface area contributed by atoms with Crippen LogP contribution in [-0.2, 0) is 22.6 Å². The Morgan fingerprint density at radius 3 is 2.40 bits per heavy atom. The van der Waals surface area contributed by atoms with Crippen LogP contribution in [0.25, 0.3) is 0 Å². The van der Waals surface area contributed by atoms with Crippen molar-refractivity contribution in [3.05, 3.63) is 82.3 Å². The quantitative estimate of drug-likeness (QED) is 0.401. The summed E-state index contributed by atoms with van der Waals surface area (Å²) in [5, 5.41) is 2.48. The highest BCUT2D eigenvalue weighted by molar-refractivity contribution is 6.30. The molecule has 3 aliphatic rings. The summed E-state index contributed by atoms with van der Waals surface area (Å²) < 4.78 is 18.2. The molecule has 11 heteroatoms. The first kappa shape index (κ1) is 28.5. The zero-order valence-corrected chi connectivity index (χ0v) is 24.4. The number of benzene rings is 2. The Balaban J connectivity index is 1.41. The van der Waals surface area contributed by atoms with Gasteiger partial charge in [0.1, 0.15) is 22.7 Å². The molecule has 6 rings (SSSR count). The number of likely N-dealkylation sites (tertiary alicyclic amines) is 1. The molecule has 3 aromatic rings. The van der Waals surface area contributed by atoms with Gasteiger partial charge < -0.3 is 23.7 Å². The van der Waals surface area contributed by atoms with E-state index in [9.17, 15) is 19.2 Å². The van der Waals surface area contributed by atoms with Crippen LogP contribution in [-0.4, -0.2) is 68.3 Å². The van der Waals surface area contributed by atoms with Gasteiger partial charge in [0.2, 0.25) is 5.91 Å². The number of pyridine rings is 1. The normalized spacial score (nSPS) is 23.4. The number of nitrogens with zero attached hydrogens (tertiary/aromatic N) is 3. The van der Waals surface area contributed by atoms with E-state index in [1.54, 1.807) is 61.7 Å². The summed E-state index contributed by atoms with van der Waals surface area (Å²) in [6.45, 7) is 1.82. The molecule has 1 aromatic heterocycles. The van der Waals surface area contributed by atoms with Gasteiger partial charge in [-0.05, 0) is 42.2 Å². The number of ether oxygens (including phenoxy) is 3. The van der Waals surface area contributed by atoms with Gasteiger partial charge in [0.15, 0.2) is 0 Å². The molecule has 2 bridgehead atoms. The molecule has 0 spiro atoms. The largest absolute Gasteiger partial charge is 0.497 e. The molecule has 4 amide bonds. The van der Waals surface area contributed by atoms with E-state index in [0.717, 1.165) is 17.0 Å². The van der Waals surface area contributed by atoms with Gasteiger partial charge in [-0.3, -0.25) is 19.7 Å². The summed E-state index contributed by atoms with van der Waals surface area (Å²) in [5.41, 5.74) is 0.205. The second-order valence-electron chi connectivity index (χ2n) is 11.4. The first-order valence-electron chi connectivity index (χ1n) is 14.2. The van der Waals surface area contributed by atoms with E-state index in [0.29, 0.717) is 48.1 Å². The molecule has 3 aliphatic heterocycles. The number of amides is 4. The van der Waals surface area contributed by atoms with Crippen molar-refractivity contribution in [2.45, 2.75) is 25.3 Å². The van der Waals surface area contributed by atoms with Gasteiger partial charge in [-0.1, -0.05) is 18.2 Å². The third-order valence-corrected chi connectivity index (χ3v) is 8.82. The molecule has 43 heavy (non-hydrogen) atoms. The number of aromatic nitrogens is 1. The number of urea groups is 1. The molecular formula is C32H34N4O7. The molecule has 0 aliphatic carbocycles. The zero-order chi connectivity index (χ0) is 30.3.